The molecule has 19 heavy (non-hydrogen) atoms. The molecule has 0 amide bonds. The number of aromatic nitrogens is 3. The molecule has 0 radical (unpaired) electrons. The average molecular weight is 258 g/mol. The zero-order valence-electron chi connectivity index (χ0n) is 11.5. The van der Waals surface area contributed by atoms with Crippen LogP contribution in [0.25, 0.3) is 10.9 Å². The minimum absolute atomic E-state index is 0.136. The van der Waals surface area contributed by atoms with Crippen LogP contribution in [0.1, 0.15) is 31.3 Å². The number of nitrogens with zero attached hydrogens (tertiary/aromatic N) is 3. The first kappa shape index (κ1) is 12.1. The van der Waals surface area contributed by atoms with Gasteiger partial charge in [0.05, 0.1) is 12.1 Å². The van der Waals surface area contributed by atoms with Gasteiger partial charge < -0.3 is 10.1 Å². The fourth-order valence-corrected chi connectivity index (χ4v) is 2.46. The minimum atomic E-state index is 0.136. The maximum Gasteiger partial charge on any atom is 0.227 e. The van der Waals surface area contributed by atoms with E-state index < -0.39 is 0 Å². The van der Waals surface area contributed by atoms with E-state index in [1.165, 1.54) is 0 Å². The number of anilines is 1. The lowest BCUT2D eigenvalue weighted by atomic mass is 10.2. The highest BCUT2D eigenvalue weighted by Crippen LogP contribution is 2.32. The van der Waals surface area contributed by atoms with Crippen LogP contribution in [0.3, 0.4) is 0 Å². The normalized spacial score (nSPS) is 17.7. The zero-order chi connectivity index (χ0) is 13.4. The van der Waals surface area contributed by atoms with E-state index in [-0.39, 0.29) is 6.10 Å². The minimum Gasteiger partial charge on any atom is -0.472 e. The summed E-state index contributed by atoms with van der Waals surface area (Å²) >= 11 is 0. The van der Waals surface area contributed by atoms with E-state index in [4.69, 9.17) is 4.74 Å². The van der Waals surface area contributed by atoms with Crippen LogP contribution in [0.15, 0.2) is 6.07 Å². The molecule has 0 aromatic carbocycles. The van der Waals surface area contributed by atoms with Crippen LogP contribution in [0.5, 0.6) is 5.88 Å². The van der Waals surface area contributed by atoms with Crippen molar-refractivity contribution in [3.05, 3.63) is 17.6 Å². The van der Waals surface area contributed by atoms with Crippen LogP contribution >= 0.6 is 0 Å². The molecule has 0 spiro atoms. The van der Waals surface area contributed by atoms with Crippen LogP contribution in [0, 0.1) is 13.8 Å². The van der Waals surface area contributed by atoms with Crippen molar-refractivity contribution in [2.45, 2.75) is 39.7 Å². The Balaban J connectivity index is 2.18. The van der Waals surface area contributed by atoms with E-state index in [1.54, 1.807) is 0 Å². The van der Waals surface area contributed by atoms with E-state index in [0.717, 1.165) is 47.6 Å². The first-order valence-electron chi connectivity index (χ1n) is 6.74. The Bertz CT molecular complexity index is 621. The number of nitrogens with one attached hydrogen (secondary N) is 1. The Labute approximate surface area is 112 Å². The number of ether oxygens (including phenoxy) is 1. The highest BCUT2D eigenvalue weighted by atomic mass is 16.5. The number of aryl methyl sites for hydroxylation is 2. The summed E-state index contributed by atoms with van der Waals surface area (Å²) < 4.78 is 6.04. The predicted molar refractivity (Wildman–Crippen MR) is 74.6 cm³/mol. The van der Waals surface area contributed by atoms with E-state index in [2.05, 4.69) is 27.2 Å². The lowest BCUT2D eigenvalue weighted by Gasteiger charge is -2.15. The van der Waals surface area contributed by atoms with Gasteiger partial charge in [0.15, 0.2) is 0 Å². The fourth-order valence-electron chi connectivity index (χ4n) is 2.46. The van der Waals surface area contributed by atoms with Crippen molar-refractivity contribution in [2.24, 2.45) is 0 Å². The molecular weight excluding hydrogens is 240 g/mol. The Kier molecular flexibility index (Phi) is 2.97. The number of rotatable bonds is 2. The molecule has 1 atom stereocenters. The summed E-state index contributed by atoms with van der Waals surface area (Å²) in [6.07, 6.45) is 2.23. The monoisotopic (exact) mass is 258 g/mol. The molecule has 3 heterocycles. The van der Waals surface area contributed by atoms with Crippen molar-refractivity contribution in [3.63, 3.8) is 0 Å². The molecule has 0 saturated carbocycles. The largest absolute Gasteiger partial charge is 0.472 e. The molecule has 1 unspecified atom stereocenters. The van der Waals surface area contributed by atoms with Crippen LogP contribution in [0.4, 0.5) is 5.82 Å². The highest BCUT2D eigenvalue weighted by Gasteiger charge is 2.21. The van der Waals surface area contributed by atoms with Crippen LogP contribution in [-0.2, 0) is 0 Å². The van der Waals surface area contributed by atoms with Crippen LogP contribution in [0.2, 0.25) is 0 Å². The van der Waals surface area contributed by atoms with Crippen molar-refractivity contribution in [1.82, 2.24) is 15.0 Å². The molecular formula is C14H18N4O. The quantitative estimate of drug-likeness (QED) is 0.897. The second-order valence-corrected chi connectivity index (χ2v) is 4.99. The van der Waals surface area contributed by atoms with Crippen molar-refractivity contribution < 1.29 is 4.74 Å². The maximum atomic E-state index is 6.04. The first-order valence-corrected chi connectivity index (χ1v) is 6.74. The summed E-state index contributed by atoms with van der Waals surface area (Å²) in [5.74, 6) is 2.26. The second-order valence-electron chi connectivity index (χ2n) is 4.99. The van der Waals surface area contributed by atoms with Gasteiger partial charge in [0.2, 0.25) is 5.88 Å². The third-order valence-electron chi connectivity index (χ3n) is 3.27. The van der Waals surface area contributed by atoms with E-state index in [0.29, 0.717) is 5.88 Å². The van der Waals surface area contributed by atoms with Gasteiger partial charge in [-0.1, -0.05) is 13.3 Å². The van der Waals surface area contributed by atoms with Crippen LogP contribution < -0.4 is 10.1 Å². The third-order valence-corrected chi connectivity index (χ3v) is 3.27. The van der Waals surface area contributed by atoms with Gasteiger partial charge in [0.1, 0.15) is 23.1 Å². The summed E-state index contributed by atoms with van der Waals surface area (Å²) in [5, 5.41) is 4.27. The Morgan fingerprint density at radius 2 is 2.16 bits per heavy atom. The Hall–Kier alpha value is -1.91. The van der Waals surface area contributed by atoms with Gasteiger partial charge in [0.25, 0.3) is 0 Å². The van der Waals surface area contributed by atoms with Crippen molar-refractivity contribution in [2.75, 3.05) is 11.9 Å². The van der Waals surface area contributed by atoms with Gasteiger partial charge in [-0.05, 0) is 26.3 Å². The summed E-state index contributed by atoms with van der Waals surface area (Å²) in [7, 11) is 0. The number of hydrogen-bond acceptors (Lipinski definition) is 5. The molecule has 2 aromatic heterocycles. The third kappa shape index (κ3) is 2.20. The molecule has 1 aliphatic heterocycles. The summed E-state index contributed by atoms with van der Waals surface area (Å²) in [6, 6.07) is 1.97. The molecule has 2 aromatic rings. The number of hydrogen-bond donors (Lipinski definition) is 1. The van der Waals surface area contributed by atoms with Crippen molar-refractivity contribution in [1.29, 1.82) is 0 Å². The van der Waals surface area contributed by atoms with Gasteiger partial charge in [-0.2, -0.15) is 0 Å². The van der Waals surface area contributed by atoms with Gasteiger partial charge in [-0.15, -0.1) is 0 Å². The topological polar surface area (TPSA) is 59.9 Å². The summed E-state index contributed by atoms with van der Waals surface area (Å²) in [4.78, 5) is 13.5. The fraction of sp³-hybridized carbons (Fsp3) is 0.500. The van der Waals surface area contributed by atoms with Gasteiger partial charge in [0, 0.05) is 5.69 Å². The molecule has 0 fully saturated rings. The van der Waals surface area contributed by atoms with Gasteiger partial charge in [-0.3, -0.25) is 0 Å². The predicted octanol–water partition coefficient (Wildman–Crippen LogP) is 2.61. The molecule has 1 N–H and O–H groups in total. The molecule has 3 rings (SSSR count). The summed E-state index contributed by atoms with van der Waals surface area (Å²) in [6.45, 7) is 6.78. The average Bonchev–Trinajstić information content (AvgIpc) is 2.50. The van der Waals surface area contributed by atoms with Crippen LogP contribution in [-0.4, -0.2) is 27.6 Å². The molecule has 0 saturated heterocycles. The van der Waals surface area contributed by atoms with Gasteiger partial charge in [-0.25, -0.2) is 15.0 Å². The molecule has 0 aliphatic carbocycles. The van der Waals surface area contributed by atoms with E-state index >= 15 is 0 Å². The molecule has 100 valence electrons. The highest BCUT2D eigenvalue weighted by molar-refractivity contribution is 5.94. The number of pyridine rings is 1. The van der Waals surface area contributed by atoms with Crippen molar-refractivity contribution >= 4 is 16.7 Å². The summed E-state index contributed by atoms with van der Waals surface area (Å²) in [5.41, 5.74) is 1.82. The Morgan fingerprint density at radius 1 is 1.32 bits per heavy atom. The maximum absolute atomic E-state index is 6.04. The smallest absolute Gasteiger partial charge is 0.227 e. The SMILES string of the molecule is CCCC1CNc2nc(C)nc3cc(C)nc(c23)O1. The molecule has 5 nitrogen and oxygen atoms in total. The molecule has 1 aliphatic rings. The second kappa shape index (κ2) is 4.64. The van der Waals surface area contributed by atoms with E-state index in [1.807, 2.05) is 19.9 Å². The lowest BCUT2D eigenvalue weighted by Crippen LogP contribution is -2.24. The lowest BCUT2D eigenvalue weighted by molar-refractivity contribution is 0.199. The molecule has 0 bridgehead atoms. The van der Waals surface area contributed by atoms with Gasteiger partial charge >= 0.3 is 0 Å². The standard InChI is InChI=1S/C14H18N4O/c1-4-5-10-7-15-13-12-11(17-9(3)18-13)6-8(2)16-14(12)19-10/h6,10H,4-5,7H2,1-3H3,(H,15,17,18). The first-order chi connectivity index (χ1) is 9.17. The van der Waals surface area contributed by atoms with Crippen molar-refractivity contribution in [3.8, 4) is 5.88 Å². The van der Waals surface area contributed by atoms with E-state index in [9.17, 15) is 0 Å². The molecule has 5 heteroatoms. The Morgan fingerprint density at radius 3 is 2.95 bits per heavy atom. The zero-order valence-corrected chi connectivity index (χ0v) is 11.5.